The number of amides is 2. The molecule has 5 heterocycles. The van der Waals surface area contributed by atoms with Gasteiger partial charge < -0.3 is 4.90 Å². The van der Waals surface area contributed by atoms with Crippen LogP contribution in [0.5, 0.6) is 0 Å². The summed E-state index contributed by atoms with van der Waals surface area (Å²) in [5.41, 5.74) is 5.16. The van der Waals surface area contributed by atoms with E-state index in [1.807, 2.05) is 18.3 Å². The van der Waals surface area contributed by atoms with Crippen LogP contribution in [0.1, 0.15) is 16.8 Å². The first-order chi connectivity index (χ1) is 14.6. The zero-order chi connectivity index (χ0) is 20.4. The minimum Gasteiger partial charge on any atom is -0.345 e. The molecule has 0 spiro atoms. The molecule has 3 aliphatic heterocycles. The van der Waals surface area contributed by atoms with Gasteiger partial charge in [-0.3, -0.25) is 24.3 Å². The maximum atomic E-state index is 12.9. The van der Waals surface area contributed by atoms with E-state index in [0.717, 1.165) is 24.2 Å². The van der Waals surface area contributed by atoms with Gasteiger partial charge in [0.05, 0.1) is 34.4 Å². The third-order valence-electron chi connectivity index (χ3n) is 5.63. The first kappa shape index (κ1) is 17.2. The van der Waals surface area contributed by atoms with Gasteiger partial charge in [0.1, 0.15) is 5.65 Å². The third kappa shape index (κ3) is 2.32. The van der Waals surface area contributed by atoms with Gasteiger partial charge in [0, 0.05) is 41.8 Å². The lowest BCUT2D eigenvalue weighted by Crippen LogP contribution is -2.25. The number of aromatic nitrogens is 2. The highest BCUT2D eigenvalue weighted by atomic mass is 35.5. The Kier molecular flexibility index (Phi) is 3.52. The van der Waals surface area contributed by atoms with E-state index in [-0.39, 0.29) is 11.1 Å². The van der Waals surface area contributed by atoms with E-state index < -0.39 is 11.8 Å². The fourth-order valence-corrected chi connectivity index (χ4v) is 4.50. The number of imide groups is 1. The van der Waals surface area contributed by atoms with Gasteiger partial charge in [-0.2, -0.15) is 0 Å². The molecule has 0 fully saturated rings. The molecule has 0 bridgehead atoms. The fraction of sp³-hybridized carbons (Fsp3) is 0.0909. The zero-order valence-corrected chi connectivity index (χ0v) is 16.3. The molecule has 146 valence electrons. The first-order valence-corrected chi connectivity index (χ1v) is 9.86. The van der Waals surface area contributed by atoms with Crippen LogP contribution in [-0.2, 0) is 16.0 Å². The van der Waals surface area contributed by atoms with Gasteiger partial charge in [-0.1, -0.05) is 29.8 Å². The maximum absolute atomic E-state index is 12.9. The standard InChI is InChI=1S/C22H14ClN5O2/c23-13-5-8-28-15(11-25-16(28)10-13)17-18(22(30)26-21(17)29)19-14-3-1-2-12-4-7-27(20(12)14)9-6-24-19/h1-3,5-6,8-11H,4,7H2,(H,26,29,30). The van der Waals surface area contributed by atoms with E-state index in [0.29, 0.717) is 22.1 Å². The van der Waals surface area contributed by atoms with Gasteiger partial charge in [-0.25, -0.2) is 4.98 Å². The summed E-state index contributed by atoms with van der Waals surface area (Å²) in [5, 5.41) is 2.97. The van der Waals surface area contributed by atoms with Crippen LogP contribution >= 0.6 is 11.6 Å². The lowest BCUT2D eigenvalue weighted by atomic mass is 9.94. The molecule has 6 rings (SSSR count). The third-order valence-corrected chi connectivity index (χ3v) is 5.87. The van der Waals surface area contributed by atoms with Gasteiger partial charge in [-0.05, 0) is 18.1 Å². The van der Waals surface area contributed by atoms with Crippen molar-refractivity contribution in [2.24, 2.45) is 4.99 Å². The highest BCUT2D eigenvalue weighted by Crippen LogP contribution is 2.37. The Balaban J connectivity index is 1.63. The topological polar surface area (TPSA) is 79.1 Å². The van der Waals surface area contributed by atoms with Crippen LogP contribution in [0.3, 0.4) is 0 Å². The molecule has 8 heteroatoms. The van der Waals surface area contributed by atoms with Crippen molar-refractivity contribution in [2.75, 3.05) is 11.4 Å². The summed E-state index contributed by atoms with van der Waals surface area (Å²) in [6, 6.07) is 9.40. The number of pyridine rings is 1. The highest BCUT2D eigenvalue weighted by molar-refractivity contribution is 6.47. The van der Waals surface area contributed by atoms with Crippen LogP contribution in [0.15, 0.2) is 65.7 Å². The second kappa shape index (κ2) is 6.14. The predicted molar refractivity (Wildman–Crippen MR) is 113 cm³/mol. The van der Waals surface area contributed by atoms with Crippen LogP contribution in [0, 0.1) is 0 Å². The summed E-state index contributed by atoms with van der Waals surface area (Å²) in [6.45, 7) is 0.858. The van der Waals surface area contributed by atoms with Gasteiger partial charge in [0.15, 0.2) is 0 Å². The fourth-order valence-electron chi connectivity index (χ4n) is 4.35. The molecule has 0 saturated carbocycles. The largest absolute Gasteiger partial charge is 0.345 e. The summed E-state index contributed by atoms with van der Waals surface area (Å²) in [7, 11) is 0. The number of halogens is 1. The zero-order valence-electron chi connectivity index (χ0n) is 15.6. The molecule has 1 N–H and O–H groups in total. The van der Waals surface area contributed by atoms with Gasteiger partial charge in [-0.15, -0.1) is 0 Å². The number of hydrogen-bond acceptors (Lipinski definition) is 5. The highest BCUT2D eigenvalue weighted by Gasteiger charge is 2.38. The minimum atomic E-state index is -0.466. The van der Waals surface area contributed by atoms with E-state index in [1.165, 1.54) is 5.56 Å². The number of nitrogens with one attached hydrogen (secondary N) is 1. The summed E-state index contributed by atoms with van der Waals surface area (Å²) in [4.78, 5) is 36.8. The molecule has 2 aromatic heterocycles. The lowest BCUT2D eigenvalue weighted by molar-refractivity contribution is -0.123. The normalized spacial score (nSPS) is 17.5. The molecule has 3 aromatic rings. The number of imidazole rings is 1. The number of rotatable bonds is 2. The van der Waals surface area contributed by atoms with Crippen molar-refractivity contribution in [3.05, 3.63) is 82.5 Å². The van der Waals surface area contributed by atoms with E-state index >= 15 is 0 Å². The van der Waals surface area contributed by atoms with Gasteiger partial charge in [0.25, 0.3) is 11.8 Å². The van der Waals surface area contributed by atoms with Crippen LogP contribution in [0.4, 0.5) is 5.69 Å². The average Bonchev–Trinajstić information content (AvgIpc) is 3.36. The van der Waals surface area contributed by atoms with Crippen molar-refractivity contribution in [1.29, 1.82) is 0 Å². The van der Waals surface area contributed by atoms with E-state index in [9.17, 15) is 9.59 Å². The van der Waals surface area contributed by atoms with Crippen molar-refractivity contribution in [1.82, 2.24) is 14.7 Å². The number of nitrogens with zero attached hydrogens (tertiary/aromatic N) is 4. The molecule has 7 nitrogen and oxygen atoms in total. The Morgan fingerprint density at radius 1 is 1.10 bits per heavy atom. The maximum Gasteiger partial charge on any atom is 0.261 e. The summed E-state index contributed by atoms with van der Waals surface area (Å²) >= 11 is 6.07. The molecule has 2 amide bonds. The first-order valence-electron chi connectivity index (χ1n) is 9.48. The summed E-state index contributed by atoms with van der Waals surface area (Å²) < 4.78 is 1.74. The number of para-hydroxylation sites is 1. The number of carbonyl (C=O) groups is 2. The summed E-state index contributed by atoms with van der Waals surface area (Å²) in [5.74, 6) is -0.928. The Bertz CT molecular complexity index is 1380. The van der Waals surface area contributed by atoms with Crippen molar-refractivity contribution >= 4 is 46.0 Å². The molecule has 1 aromatic carbocycles. The van der Waals surface area contributed by atoms with E-state index in [4.69, 9.17) is 11.6 Å². The second-order valence-corrected chi connectivity index (χ2v) is 7.72. The van der Waals surface area contributed by atoms with Crippen molar-refractivity contribution in [3.63, 3.8) is 0 Å². The molecule has 0 aliphatic carbocycles. The molecule has 0 atom stereocenters. The molecular formula is C22H14ClN5O2. The minimum absolute atomic E-state index is 0.253. The van der Waals surface area contributed by atoms with Crippen molar-refractivity contribution in [3.8, 4) is 0 Å². The SMILES string of the molecule is O=C1NC(=O)C(c2cnc3cc(Cl)ccn23)=C1C1=NC=CN2CCc3cccc1c32. The summed E-state index contributed by atoms with van der Waals surface area (Å²) in [6.07, 6.45) is 7.82. The van der Waals surface area contributed by atoms with E-state index in [1.54, 1.807) is 35.1 Å². The molecule has 3 aliphatic rings. The van der Waals surface area contributed by atoms with Gasteiger partial charge >= 0.3 is 0 Å². The lowest BCUT2D eigenvalue weighted by Gasteiger charge is -2.17. The Labute approximate surface area is 176 Å². The van der Waals surface area contributed by atoms with E-state index in [2.05, 4.69) is 26.3 Å². The molecule has 0 unspecified atom stereocenters. The molecular weight excluding hydrogens is 402 g/mol. The van der Waals surface area contributed by atoms with Crippen molar-refractivity contribution in [2.45, 2.75) is 6.42 Å². The molecule has 0 saturated heterocycles. The van der Waals surface area contributed by atoms with Gasteiger partial charge in [0.2, 0.25) is 0 Å². The number of fused-ring (bicyclic) bond motifs is 1. The number of aliphatic imine (C=N–C) groups is 1. The van der Waals surface area contributed by atoms with Crippen LogP contribution < -0.4 is 10.2 Å². The quantitative estimate of drug-likeness (QED) is 0.653. The van der Waals surface area contributed by atoms with Crippen LogP contribution in [0.2, 0.25) is 5.02 Å². The molecule has 30 heavy (non-hydrogen) atoms. The number of anilines is 1. The number of hydrogen-bond donors (Lipinski definition) is 1. The van der Waals surface area contributed by atoms with Crippen molar-refractivity contribution < 1.29 is 9.59 Å². The van der Waals surface area contributed by atoms with Crippen LogP contribution in [0.25, 0.3) is 11.2 Å². The number of benzene rings is 1. The second-order valence-electron chi connectivity index (χ2n) is 7.28. The predicted octanol–water partition coefficient (Wildman–Crippen LogP) is 2.73. The Morgan fingerprint density at radius 3 is 2.87 bits per heavy atom. The monoisotopic (exact) mass is 415 g/mol. The number of carbonyl (C=O) groups excluding carboxylic acids is 2. The smallest absolute Gasteiger partial charge is 0.261 e. The Hall–Kier alpha value is -3.71. The Morgan fingerprint density at radius 2 is 1.97 bits per heavy atom. The van der Waals surface area contributed by atoms with Crippen LogP contribution in [-0.4, -0.2) is 33.5 Å². The molecule has 0 radical (unpaired) electrons. The average molecular weight is 416 g/mol.